The first-order chi connectivity index (χ1) is 14.1. The van der Waals surface area contributed by atoms with Gasteiger partial charge in [-0.25, -0.2) is 13.2 Å². The van der Waals surface area contributed by atoms with Gasteiger partial charge < -0.3 is 19.5 Å². The van der Waals surface area contributed by atoms with E-state index in [2.05, 4.69) is 10.1 Å². The zero-order valence-electron chi connectivity index (χ0n) is 16.8. The van der Waals surface area contributed by atoms with Gasteiger partial charge >= 0.3 is 5.97 Å². The van der Waals surface area contributed by atoms with E-state index in [1.165, 1.54) is 51.7 Å². The van der Waals surface area contributed by atoms with Crippen molar-refractivity contribution >= 4 is 44.9 Å². The fourth-order valence-electron chi connectivity index (χ4n) is 2.57. The summed E-state index contributed by atoms with van der Waals surface area (Å²) in [5, 5.41) is 2.70. The molecule has 0 saturated heterocycles. The van der Waals surface area contributed by atoms with Crippen LogP contribution in [0.15, 0.2) is 36.4 Å². The molecule has 0 heterocycles. The third-order valence-electron chi connectivity index (χ3n) is 4.00. The molecule has 0 spiro atoms. The molecule has 0 aliphatic rings. The first-order valence-corrected chi connectivity index (χ1v) is 10.7. The van der Waals surface area contributed by atoms with Gasteiger partial charge in [-0.05, 0) is 30.3 Å². The highest BCUT2D eigenvalue weighted by Crippen LogP contribution is 2.33. The maximum absolute atomic E-state index is 12.6. The van der Waals surface area contributed by atoms with E-state index in [-0.39, 0.29) is 27.7 Å². The number of amides is 1. The Labute approximate surface area is 179 Å². The van der Waals surface area contributed by atoms with E-state index in [1.807, 2.05) is 0 Å². The lowest BCUT2D eigenvalue weighted by atomic mass is 10.2. The van der Waals surface area contributed by atoms with Gasteiger partial charge in [-0.2, -0.15) is 0 Å². The van der Waals surface area contributed by atoms with Gasteiger partial charge in [0, 0.05) is 11.8 Å². The maximum atomic E-state index is 12.6. The van der Waals surface area contributed by atoms with Crippen LogP contribution in [0, 0.1) is 0 Å². The molecular weight excluding hydrogens is 436 g/mol. The number of halogens is 1. The van der Waals surface area contributed by atoms with Crippen LogP contribution in [0.1, 0.15) is 10.4 Å². The van der Waals surface area contributed by atoms with Crippen molar-refractivity contribution in [1.29, 1.82) is 0 Å². The van der Waals surface area contributed by atoms with Crippen LogP contribution in [-0.2, 0) is 19.6 Å². The molecule has 0 aliphatic carbocycles. The Morgan fingerprint density at radius 1 is 1.07 bits per heavy atom. The second-order valence-electron chi connectivity index (χ2n) is 6.04. The van der Waals surface area contributed by atoms with Gasteiger partial charge in [0.1, 0.15) is 18.0 Å². The molecule has 2 aromatic rings. The number of rotatable bonds is 8. The van der Waals surface area contributed by atoms with Gasteiger partial charge in [-0.1, -0.05) is 11.6 Å². The summed E-state index contributed by atoms with van der Waals surface area (Å²) in [6.07, 6.45) is 0.974. The van der Waals surface area contributed by atoms with E-state index in [9.17, 15) is 18.0 Å². The average molecular weight is 457 g/mol. The molecule has 1 N–H and O–H groups in total. The van der Waals surface area contributed by atoms with Crippen LogP contribution < -0.4 is 19.1 Å². The SMILES string of the molecule is COC(=O)c1cc(NC(=O)CN(c2ccc(OC)cc2OC)S(C)(=O)=O)ccc1Cl. The number of methoxy groups -OCH3 is 3. The molecule has 9 nitrogen and oxygen atoms in total. The molecule has 0 atom stereocenters. The van der Waals surface area contributed by atoms with Gasteiger partial charge in [0.2, 0.25) is 15.9 Å². The highest BCUT2D eigenvalue weighted by molar-refractivity contribution is 7.92. The molecule has 11 heteroatoms. The Hall–Kier alpha value is -2.98. The van der Waals surface area contributed by atoms with Gasteiger partial charge in [0.25, 0.3) is 0 Å². The van der Waals surface area contributed by atoms with Crippen molar-refractivity contribution in [2.75, 3.05) is 43.8 Å². The summed E-state index contributed by atoms with van der Waals surface area (Å²) in [4.78, 5) is 24.3. The maximum Gasteiger partial charge on any atom is 0.339 e. The Bertz CT molecular complexity index is 1060. The van der Waals surface area contributed by atoms with Crippen LogP contribution in [0.3, 0.4) is 0 Å². The number of anilines is 2. The number of ether oxygens (including phenoxy) is 3. The normalized spacial score (nSPS) is 10.8. The Morgan fingerprint density at radius 3 is 2.33 bits per heavy atom. The average Bonchev–Trinajstić information content (AvgIpc) is 2.71. The third-order valence-corrected chi connectivity index (χ3v) is 5.45. The van der Waals surface area contributed by atoms with Crippen LogP contribution in [0.5, 0.6) is 11.5 Å². The van der Waals surface area contributed by atoms with E-state index >= 15 is 0 Å². The lowest BCUT2D eigenvalue weighted by Gasteiger charge is -2.24. The first-order valence-electron chi connectivity index (χ1n) is 8.48. The lowest BCUT2D eigenvalue weighted by molar-refractivity contribution is -0.114. The summed E-state index contributed by atoms with van der Waals surface area (Å²) in [7, 11) is 0.210. The Morgan fingerprint density at radius 2 is 1.77 bits per heavy atom. The highest BCUT2D eigenvalue weighted by Gasteiger charge is 2.24. The molecule has 30 heavy (non-hydrogen) atoms. The van der Waals surface area contributed by atoms with Crippen LogP contribution in [0.2, 0.25) is 5.02 Å². The lowest BCUT2D eigenvalue weighted by Crippen LogP contribution is -2.37. The molecule has 0 saturated carbocycles. The number of hydrogen-bond acceptors (Lipinski definition) is 7. The topological polar surface area (TPSA) is 111 Å². The minimum absolute atomic E-state index is 0.0637. The number of carbonyl (C=O) groups is 2. The van der Waals surface area contributed by atoms with Crippen molar-refractivity contribution in [3.63, 3.8) is 0 Å². The van der Waals surface area contributed by atoms with Crippen molar-refractivity contribution in [2.45, 2.75) is 0 Å². The van der Waals surface area contributed by atoms with E-state index in [0.29, 0.717) is 5.75 Å². The van der Waals surface area contributed by atoms with Crippen molar-refractivity contribution in [1.82, 2.24) is 0 Å². The van der Waals surface area contributed by atoms with Crippen molar-refractivity contribution < 1.29 is 32.2 Å². The summed E-state index contributed by atoms with van der Waals surface area (Å²) in [5.74, 6) is -0.634. The smallest absolute Gasteiger partial charge is 0.339 e. The van der Waals surface area contributed by atoms with E-state index < -0.39 is 28.4 Å². The number of nitrogens with zero attached hydrogens (tertiary/aromatic N) is 1. The fourth-order valence-corrected chi connectivity index (χ4v) is 3.63. The fraction of sp³-hybridized carbons (Fsp3) is 0.263. The van der Waals surface area contributed by atoms with Crippen LogP contribution >= 0.6 is 11.6 Å². The predicted octanol–water partition coefficient (Wildman–Crippen LogP) is 2.55. The quantitative estimate of drug-likeness (QED) is 0.607. The van der Waals surface area contributed by atoms with Gasteiger partial charge in [0.15, 0.2) is 0 Å². The number of benzene rings is 2. The number of hydrogen-bond donors (Lipinski definition) is 1. The molecule has 0 aromatic heterocycles. The predicted molar refractivity (Wildman–Crippen MR) is 113 cm³/mol. The van der Waals surface area contributed by atoms with Crippen LogP contribution in [0.25, 0.3) is 0 Å². The second kappa shape index (κ2) is 9.68. The minimum Gasteiger partial charge on any atom is -0.497 e. The second-order valence-corrected chi connectivity index (χ2v) is 8.36. The third kappa shape index (κ3) is 5.55. The standard InChI is InChI=1S/C19H21ClN2O7S/c1-27-13-6-8-16(17(10-13)28-2)22(30(4,25)26)11-18(23)21-12-5-7-15(20)14(9-12)19(24)29-3/h5-10H,11H2,1-4H3,(H,21,23). The molecule has 0 unspecified atom stereocenters. The minimum atomic E-state index is -3.83. The molecule has 2 rings (SSSR count). The Balaban J connectivity index is 2.31. The largest absolute Gasteiger partial charge is 0.497 e. The highest BCUT2D eigenvalue weighted by atomic mass is 35.5. The Kier molecular flexibility index (Phi) is 7.52. The summed E-state index contributed by atoms with van der Waals surface area (Å²) in [6.45, 7) is -0.530. The molecule has 0 bridgehead atoms. The summed E-state index contributed by atoms with van der Waals surface area (Å²) in [6, 6.07) is 8.77. The molecule has 2 aromatic carbocycles. The van der Waals surface area contributed by atoms with E-state index in [0.717, 1.165) is 10.6 Å². The molecule has 0 aliphatic heterocycles. The van der Waals surface area contributed by atoms with Gasteiger partial charge in [-0.15, -0.1) is 0 Å². The zero-order valence-corrected chi connectivity index (χ0v) is 18.3. The van der Waals surface area contributed by atoms with Gasteiger partial charge in [-0.3, -0.25) is 9.10 Å². The van der Waals surface area contributed by atoms with E-state index in [4.69, 9.17) is 21.1 Å². The number of sulfonamides is 1. The molecule has 0 radical (unpaired) electrons. The first kappa shape index (κ1) is 23.3. The molecular formula is C19H21ClN2O7S. The van der Waals surface area contributed by atoms with Gasteiger partial charge in [0.05, 0.1) is 43.9 Å². The molecule has 162 valence electrons. The summed E-state index contributed by atoms with van der Waals surface area (Å²) < 4.78 is 40.6. The molecule has 1 amide bonds. The number of carbonyl (C=O) groups excluding carboxylic acids is 2. The number of nitrogens with one attached hydrogen (secondary N) is 1. The van der Waals surface area contributed by atoms with Crippen LogP contribution in [-0.4, -0.2) is 54.4 Å². The van der Waals surface area contributed by atoms with E-state index in [1.54, 1.807) is 6.07 Å². The van der Waals surface area contributed by atoms with Crippen molar-refractivity contribution in [2.24, 2.45) is 0 Å². The monoisotopic (exact) mass is 456 g/mol. The van der Waals surface area contributed by atoms with Crippen molar-refractivity contribution in [3.05, 3.63) is 47.0 Å². The molecule has 0 fully saturated rings. The van der Waals surface area contributed by atoms with Crippen LogP contribution in [0.4, 0.5) is 11.4 Å². The summed E-state index contributed by atoms with van der Waals surface area (Å²) >= 11 is 5.96. The summed E-state index contributed by atoms with van der Waals surface area (Å²) in [5.41, 5.74) is 0.482. The van der Waals surface area contributed by atoms with Crippen molar-refractivity contribution in [3.8, 4) is 11.5 Å². The zero-order chi connectivity index (χ0) is 22.5. The number of esters is 1.